The quantitative estimate of drug-likeness (QED) is 0.859. The van der Waals surface area contributed by atoms with E-state index in [-0.39, 0.29) is 6.61 Å². The number of aromatic nitrogens is 2. The fourth-order valence-corrected chi connectivity index (χ4v) is 4.25. The fourth-order valence-electron chi connectivity index (χ4n) is 4.25. The van der Waals surface area contributed by atoms with Gasteiger partial charge in [0.2, 0.25) is 5.95 Å². The van der Waals surface area contributed by atoms with Gasteiger partial charge in [0.15, 0.2) is 0 Å². The Kier molecular flexibility index (Phi) is 5.51. The number of hydrogen-bond donors (Lipinski definition) is 2. The number of nitrogens with one attached hydrogen (secondary N) is 1. The number of fused-ring (bicyclic) bond motifs is 1. The lowest BCUT2D eigenvalue weighted by Gasteiger charge is -2.40. The molecule has 0 atom stereocenters. The lowest BCUT2D eigenvalue weighted by molar-refractivity contribution is 0.147. The first-order valence-corrected chi connectivity index (χ1v) is 9.95. The molecule has 1 aliphatic carbocycles. The van der Waals surface area contributed by atoms with Gasteiger partial charge in [-0.2, -0.15) is 4.98 Å². The van der Waals surface area contributed by atoms with Gasteiger partial charge in [-0.05, 0) is 25.0 Å². The molecule has 1 saturated heterocycles. The molecule has 6 heteroatoms. The van der Waals surface area contributed by atoms with Gasteiger partial charge in [0.05, 0.1) is 12.1 Å². The van der Waals surface area contributed by atoms with Crippen molar-refractivity contribution >= 4 is 22.7 Å². The first-order valence-electron chi connectivity index (χ1n) is 9.95. The van der Waals surface area contributed by atoms with Crippen LogP contribution in [0, 0.1) is 0 Å². The number of piperazine rings is 1. The van der Waals surface area contributed by atoms with E-state index in [9.17, 15) is 0 Å². The molecule has 1 aromatic carbocycles. The van der Waals surface area contributed by atoms with Crippen LogP contribution in [-0.4, -0.2) is 65.3 Å². The largest absolute Gasteiger partial charge is 0.395 e. The van der Waals surface area contributed by atoms with Crippen LogP contribution in [0.15, 0.2) is 24.3 Å². The van der Waals surface area contributed by atoms with Gasteiger partial charge < -0.3 is 15.3 Å². The first kappa shape index (κ1) is 17.5. The van der Waals surface area contributed by atoms with Crippen LogP contribution in [0.5, 0.6) is 0 Å². The van der Waals surface area contributed by atoms with Gasteiger partial charge in [-0.3, -0.25) is 4.90 Å². The van der Waals surface area contributed by atoms with E-state index in [4.69, 9.17) is 15.1 Å². The van der Waals surface area contributed by atoms with Crippen LogP contribution in [0.2, 0.25) is 0 Å². The van der Waals surface area contributed by atoms with E-state index >= 15 is 0 Å². The van der Waals surface area contributed by atoms with Gasteiger partial charge in [0, 0.05) is 44.2 Å². The maximum atomic E-state index is 9.15. The zero-order valence-corrected chi connectivity index (χ0v) is 15.4. The van der Waals surface area contributed by atoms with E-state index in [0.717, 1.165) is 54.9 Å². The predicted molar refractivity (Wildman–Crippen MR) is 106 cm³/mol. The highest BCUT2D eigenvalue weighted by Gasteiger charge is 2.26. The normalized spacial score (nSPS) is 19.8. The molecule has 0 spiro atoms. The van der Waals surface area contributed by atoms with Crippen molar-refractivity contribution in [3.8, 4) is 0 Å². The van der Waals surface area contributed by atoms with E-state index < -0.39 is 0 Å². The van der Waals surface area contributed by atoms with E-state index in [1.807, 2.05) is 24.3 Å². The average molecular weight is 355 g/mol. The van der Waals surface area contributed by atoms with Crippen molar-refractivity contribution in [3.05, 3.63) is 24.3 Å². The highest BCUT2D eigenvalue weighted by atomic mass is 16.3. The summed E-state index contributed by atoms with van der Waals surface area (Å²) in [6.07, 6.45) is 6.91. The van der Waals surface area contributed by atoms with Crippen molar-refractivity contribution < 1.29 is 5.11 Å². The number of rotatable bonds is 5. The monoisotopic (exact) mass is 355 g/mol. The molecule has 0 bridgehead atoms. The minimum absolute atomic E-state index is 0.0910. The second-order valence-electron chi connectivity index (χ2n) is 7.35. The lowest BCUT2D eigenvalue weighted by Crippen LogP contribution is -2.51. The van der Waals surface area contributed by atoms with Crippen molar-refractivity contribution in [2.75, 3.05) is 49.5 Å². The van der Waals surface area contributed by atoms with Gasteiger partial charge in [-0.15, -0.1) is 0 Å². The summed E-state index contributed by atoms with van der Waals surface area (Å²) >= 11 is 0. The summed E-state index contributed by atoms with van der Waals surface area (Å²) in [5.74, 6) is 1.61. The van der Waals surface area contributed by atoms with E-state index in [2.05, 4.69) is 15.1 Å². The molecular weight excluding hydrogens is 326 g/mol. The highest BCUT2D eigenvalue weighted by molar-refractivity contribution is 5.90. The van der Waals surface area contributed by atoms with Crippen LogP contribution in [0.3, 0.4) is 0 Å². The second kappa shape index (κ2) is 8.18. The van der Waals surface area contributed by atoms with E-state index in [1.54, 1.807) is 0 Å². The highest BCUT2D eigenvalue weighted by Crippen LogP contribution is 2.26. The Morgan fingerprint density at radius 2 is 1.77 bits per heavy atom. The molecule has 1 aromatic heterocycles. The van der Waals surface area contributed by atoms with Crippen molar-refractivity contribution in [2.45, 2.75) is 38.1 Å². The summed E-state index contributed by atoms with van der Waals surface area (Å²) in [5.41, 5.74) is 0.952. The van der Waals surface area contributed by atoms with Crippen LogP contribution in [0.25, 0.3) is 10.9 Å². The second-order valence-corrected chi connectivity index (χ2v) is 7.35. The van der Waals surface area contributed by atoms with Crippen LogP contribution in [0.1, 0.15) is 32.1 Å². The van der Waals surface area contributed by atoms with Crippen LogP contribution >= 0.6 is 0 Å². The topological polar surface area (TPSA) is 64.5 Å². The molecule has 2 heterocycles. The lowest BCUT2D eigenvalue weighted by atomic mass is 9.94. The molecule has 4 rings (SSSR count). The number of nitrogens with zero attached hydrogens (tertiary/aromatic N) is 4. The Morgan fingerprint density at radius 3 is 2.54 bits per heavy atom. The number of hydrogen-bond acceptors (Lipinski definition) is 6. The van der Waals surface area contributed by atoms with E-state index in [1.165, 1.54) is 32.1 Å². The molecule has 0 amide bonds. The van der Waals surface area contributed by atoms with E-state index in [0.29, 0.717) is 6.54 Å². The molecule has 0 unspecified atom stereocenters. The number of anilines is 2. The van der Waals surface area contributed by atoms with Gasteiger partial charge in [-0.25, -0.2) is 4.98 Å². The average Bonchev–Trinajstić information content (AvgIpc) is 2.72. The summed E-state index contributed by atoms with van der Waals surface area (Å²) in [4.78, 5) is 14.5. The minimum Gasteiger partial charge on any atom is -0.395 e. The zero-order chi connectivity index (χ0) is 17.8. The number of aliphatic hydroxyl groups is 1. The predicted octanol–water partition coefficient (Wildman–Crippen LogP) is 2.49. The third-order valence-corrected chi connectivity index (χ3v) is 5.68. The Bertz CT molecular complexity index is 723. The van der Waals surface area contributed by atoms with Gasteiger partial charge >= 0.3 is 0 Å². The molecule has 2 aliphatic rings. The Labute approximate surface area is 155 Å². The fraction of sp³-hybridized carbons (Fsp3) is 0.600. The minimum atomic E-state index is 0.0910. The zero-order valence-electron chi connectivity index (χ0n) is 15.4. The molecule has 140 valence electrons. The summed E-state index contributed by atoms with van der Waals surface area (Å²) < 4.78 is 0. The van der Waals surface area contributed by atoms with Crippen molar-refractivity contribution in [3.63, 3.8) is 0 Å². The smallest absolute Gasteiger partial charge is 0.227 e. The number of benzene rings is 1. The molecule has 1 aliphatic heterocycles. The first-order chi connectivity index (χ1) is 12.8. The summed E-state index contributed by atoms with van der Waals surface area (Å²) in [5, 5.41) is 13.4. The van der Waals surface area contributed by atoms with Gasteiger partial charge in [0.1, 0.15) is 5.82 Å². The third kappa shape index (κ3) is 3.76. The molecule has 6 nitrogen and oxygen atoms in total. The standard InChI is InChI=1S/C20H29N5O/c26-15-10-21-19-17-8-4-5-9-18(17)22-20(23-19)25-13-11-24(12-14-25)16-6-2-1-3-7-16/h4-5,8-9,16,26H,1-3,6-7,10-15H2,(H,21,22,23). The molecular formula is C20H29N5O. The maximum Gasteiger partial charge on any atom is 0.227 e. The molecule has 2 aromatic rings. The van der Waals surface area contributed by atoms with Crippen molar-refractivity contribution in [2.24, 2.45) is 0 Å². The number of aliphatic hydroxyl groups excluding tert-OH is 1. The molecule has 26 heavy (non-hydrogen) atoms. The molecule has 2 fully saturated rings. The molecule has 0 radical (unpaired) electrons. The Hall–Kier alpha value is -1.92. The van der Waals surface area contributed by atoms with Crippen LogP contribution in [-0.2, 0) is 0 Å². The van der Waals surface area contributed by atoms with Crippen LogP contribution < -0.4 is 10.2 Å². The third-order valence-electron chi connectivity index (χ3n) is 5.68. The molecule has 1 saturated carbocycles. The summed E-state index contributed by atoms with van der Waals surface area (Å²) in [7, 11) is 0. The Balaban J connectivity index is 1.50. The molecule has 2 N–H and O–H groups in total. The van der Waals surface area contributed by atoms with Crippen LogP contribution in [0.4, 0.5) is 11.8 Å². The maximum absolute atomic E-state index is 9.15. The van der Waals surface area contributed by atoms with Crippen molar-refractivity contribution in [1.82, 2.24) is 14.9 Å². The number of para-hydroxylation sites is 1. The van der Waals surface area contributed by atoms with Crippen molar-refractivity contribution in [1.29, 1.82) is 0 Å². The van der Waals surface area contributed by atoms with Gasteiger partial charge in [-0.1, -0.05) is 31.4 Å². The summed E-state index contributed by atoms with van der Waals surface area (Å²) in [6, 6.07) is 8.85. The Morgan fingerprint density at radius 1 is 1.00 bits per heavy atom. The van der Waals surface area contributed by atoms with Gasteiger partial charge in [0.25, 0.3) is 0 Å². The summed E-state index contributed by atoms with van der Waals surface area (Å²) in [6.45, 7) is 4.74. The SMILES string of the molecule is OCCNc1nc(N2CCN(C3CCCCC3)CC2)nc2ccccc12.